The maximum atomic E-state index is 16.6. The van der Waals surface area contributed by atoms with Crippen molar-refractivity contribution in [3.05, 3.63) is 175 Å². The Morgan fingerprint density at radius 3 is 0.955 bits per heavy atom. The molecule has 2 nitrogen and oxygen atoms in total. The van der Waals surface area contributed by atoms with E-state index in [0.29, 0.717) is 13.8 Å². The van der Waals surface area contributed by atoms with Gasteiger partial charge in [-0.25, -0.2) is 61.5 Å². The molecule has 0 saturated carbocycles. The van der Waals surface area contributed by atoms with Crippen molar-refractivity contribution in [2.24, 2.45) is 5.92 Å². The number of anilines is 1. The maximum absolute atomic E-state index is 16.6. The second kappa shape index (κ2) is 18.6. The van der Waals surface area contributed by atoms with Crippen LogP contribution in [0.5, 0.6) is 0 Å². The Hall–Kier alpha value is -6.06. The summed E-state index contributed by atoms with van der Waals surface area (Å²) in [6.45, 7) is 9.82. The minimum absolute atomic E-state index is 0.250. The van der Waals surface area contributed by atoms with E-state index in [9.17, 15) is 17.6 Å². The van der Waals surface area contributed by atoms with E-state index in [1.807, 2.05) is 6.07 Å². The Labute approximate surface area is 367 Å². The SMILES string of the molecule is CC1=C(C)C(C)C(c2c(F)c(F)c(F)c(F)c2F)([N+](c2c(F)c(F)c(F)c(F)c2F)(c2c(F)c(F)c(F)c(F)c2F)c2c(F)c(F)c(F)c(F)c2F)C(C)=C1C.CCN(CC)c1ccccc1. The highest BCUT2D eigenvalue weighted by molar-refractivity contribution is 5.80. The Balaban J connectivity index is 0.000000669. The monoisotopic (exact) mass is 979 g/mol. The van der Waals surface area contributed by atoms with Gasteiger partial charge in [0, 0.05) is 24.7 Å². The summed E-state index contributed by atoms with van der Waals surface area (Å²) >= 11 is 0. The van der Waals surface area contributed by atoms with Crippen LogP contribution in [0.3, 0.4) is 0 Å². The highest BCUT2D eigenvalue weighted by Gasteiger charge is 2.72. The first-order valence-corrected chi connectivity index (χ1v) is 19.3. The molecule has 0 radical (unpaired) electrons. The van der Waals surface area contributed by atoms with Crippen molar-refractivity contribution in [2.45, 2.75) is 54.0 Å². The van der Waals surface area contributed by atoms with E-state index in [1.54, 1.807) is 0 Å². The van der Waals surface area contributed by atoms with Crippen LogP contribution in [0.4, 0.5) is 111 Å². The van der Waals surface area contributed by atoms with E-state index in [2.05, 4.69) is 43.0 Å². The number of hydrogen-bond acceptors (Lipinski definition) is 1. The highest BCUT2D eigenvalue weighted by atomic mass is 19.2. The molecule has 2 unspecified atom stereocenters. The number of allylic oxidation sites excluding steroid dienone is 2. The Kier molecular flexibility index (Phi) is 14.4. The zero-order chi connectivity index (χ0) is 50.8. The Morgan fingerprint density at radius 2 is 0.672 bits per heavy atom. The molecule has 0 spiro atoms. The van der Waals surface area contributed by atoms with Crippen molar-refractivity contribution in [2.75, 3.05) is 18.0 Å². The standard InChI is InChI=1S/C35H16F20N.C10H15N/c1-6-7(2)9(4)35(10(5)8(6)3,11-12(36)14(38)16(40)15(39)13(11)37)56(32-26(50)20(44)17(41)21(45)27(32)51,33-28(52)22(46)18(42)23(47)29(33)53)34-30(54)24(48)19(43)25(49)31(34)55;1-3-11(4-2)10-8-6-5-7-9-10/h9H,1-5H3;5-9H,3-4H2,1-2H3/q+1;. The van der Waals surface area contributed by atoms with E-state index in [1.165, 1.54) is 5.69 Å². The van der Waals surface area contributed by atoms with Gasteiger partial charge in [0.2, 0.25) is 110 Å². The molecule has 0 aromatic heterocycles. The van der Waals surface area contributed by atoms with Crippen molar-refractivity contribution in [3.8, 4) is 0 Å². The third-order valence-electron chi connectivity index (χ3n) is 12.1. The predicted molar refractivity (Wildman–Crippen MR) is 204 cm³/mol. The van der Waals surface area contributed by atoms with Crippen molar-refractivity contribution >= 4 is 22.7 Å². The topological polar surface area (TPSA) is 3.24 Å². The Morgan fingerprint density at radius 1 is 0.403 bits per heavy atom. The summed E-state index contributed by atoms with van der Waals surface area (Å²) in [5.74, 6) is -71.0. The largest absolute Gasteiger partial charge is 0.372 e. The molecule has 0 amide bonds. The van der Waals surface area contributed by atoms with Crippen molar-refractivity contribution in [3.63, 3.8) is 0 Å². The molecule has 0 saturated heterocycles. The highest BCUT2D eigenvalue weighted by Crippen LogP contribution is 2.68. The van der Waals surface area contributed by atoms with Crippen LogP contribution >= 0.6 is 0 Å². The van der Waals surface area contributed by atoms with Gasteiger partial charge in [0.05, 0.1) is 5.56 Å². The normalized spacial score (nSPS) is 16.5. The molecular weight excluding hydrogens is 948 g/mol. The molecule has 360 valence electrons. The summed E-state index contributed by atoms with van der Waals surface area (Å²) in [5, 5.41) is 0. The lowest BCUT2D eigenvalue weighted by Gasteiger charge is -2.57. The lowest BCUT2D eigenvalue weighted by atomic mass is 9.61. The molecule has 0 bridgehead atoms. The van der Waals surface area contributed by atoms with Crippen LogP contribution in [0.15, 0.2) is 52.6 Å². The summed E-state index contributed by atoms with van der Waals surface area (Å²) in [7, 11) is 0. The molecule has 1 aliphatic carbocycles. The molecule has 1 aliphatic rings. The van der Waals surface area contributed by atoms with Gasteiger partial charge in [-0.15, -0.1) is 0 Å². The number of nitrogens with zero attached hydrogens (tertiary/aromatic N) is 2. The number of benzene rings is 5. The fraction of sp³-hybridized carbons (Fsp3) is 0.244. The van der Waals surface area contributed by atoms with Gasteiger partial charge in [-0.05, 0) is 70.4 Å². The minimum Gasteiger partial charge on any atom is -0.372 e. The molecular formula is C45H31F20N2+. The van der Waals surface area contributed by atoms with Crippen molar-refractivity contribution in [1.82, 2.24) is 4.48 Å². The van der Waals surface area contributed by atoms with Gasteiger partial charge in [0.25, 0.3) is 0 Å². The van der Waals surface area contributed by atoms with E-state index < -0.39 is 172 Å². The van der Waals surface area contributed by atoms with Crippen molar-refractivity contribution in [1.29, 1.82) is 0 Å². The zero-order valence-electron chi connectivity index (χ0n) is 35.3. The van der Waals surface area contributed by atoms with Crippen LogP contribution in [0.1, 0.15) is 54.0 Å². The van der Waals surface area contributed by atoms with Crippen LogP contribution < -0.4 is 9.38 Å². The molecule has 5 aromatic rings. The van der Waals surface area contributed by atoms with Crippen LogP contribution in [0.25, 0.3) is 0 Å². The van der Waals surface area contributed by atoms with Gasteiger partial charge in [0.1, 0.15) is 0 Å². The number of halogens is 20. The molecule has 2 atom stereocenters. The second-order valence-electron chi connectivity index (χ2n) is 14.9. The molecule has 5 aromatic carbocycles. The summed E-state index contributed by atoms with van der Waals surface area (Å²) < 4.78 is 309. The van der Waals surface area contributed by atoms with E-state index >= 15 is 70.2 Å². The summed E-state index contributed by atoms with van der Waals surface area (Å²) in [6.07, 6.45) is 0. The summed E-state index contributed by atoms with van der Waals surface area (Å²) in [4.78, 5) is 2.33. The number of quaternary nitrogens is 1. The summed E-state index contributed by atoms with van der Waals surface area (Å²) in [6, 6.07) is 10.5. The number of hydrogen-bond donors (Lipinski definition) is 0. The van der Waals surface area contributed by atoms with E-state index in [4.69, 9.17) is 0 Å². The average molecular weight is 980 g/mol. The molecule has 0 fully saturated rings. The van der Waals surface area contributed by atoms with Gasteiger partial charge in [-0.2, -0.15) is 30.8 Å². The van der Waals surface area contributed by atoms with Gasteiger partial charge in [0.15, 0.2) is 28.8 Å². The maximum Gasteiger partial charge on any atom is 0.226 e. The quantitative estimate of drug-likeness (QED) is 0.0648. The second-order valence-corrected chi connectivity index (χ2v) is 14.9. The van der Waals surface area contributed by atoms with Crippen LogP contribution in [-0.4, -0.2) is 13.1 Å². The predicted octanol–water partition coefficient (Wildman–Crippen LogP) is 15.2. The Bertz CT molecular complexity index is 2620. The van der Waals surface area contributed by atoms with Crippen LogP contribution in [-0.2, 0) is 5.54 Å². The molecule has 0 aliphatic heterocycles. The fourth-order valence-corrected chi connectivity index (χ4v) is 8.63. The van der Waals surface area contributed by atoms with E-state index in [-0.39, 0.29) is 5.57 Å². The van der Waals surface area contributed by atoms with Crippen LogP contribution in [0.2, 0.25) is 0 Å². The van der Waals surface area contributed by atoms with E-state index in [0.717, 1.165) is 33.9 Å². The van der Waals surface area contributed by atoms with Gasteiger partial charge in [-0.1, -0.05) is 30.7 Å². The lowest BCUT2D eigenvalue weighted by molar-refractivity contribution is 0.150. The number of rotatable bonds is 8. The average Bonchev–Trinajstić information content (AvgIpc) is 3.31. The van der Waals surface area contributed by atoms with Crippen molar-refractivity contribution < 1.29 is 87.8 Å². The first-order chi connectivity index (χ1) is 31.1. The molecule has 67 heavy (non-hydrogen) atoms. The minimum atomic E-state index is -4.77. The summed E-state index contributed by atoms with van der Waals surface area (Å²) in [5.41, 5.74) is -19.7. The van der Waals surface area contributed by atoms with Crippen LogP contribution in [0, 0.1) is 122 Å². The first kappa shape index (κ1) is 51.9. The third kappa shape index (κ3) is 7.22. The fourth-order valence-electron chi connectivity index (χ4n) is 8.63. The first-order valence-electron chi connectivity index (χ1n) is 19.3. The number of para-hydroxylation sites is 1. The molecule has 22 heteroatoms. The molecule has 0 N–H and O–H groups in total. The van der Waals surface area contributed by atoms with Gasteiger partial charge in [-0.3, -0.25) is 0 Å². The van der Waals surface area contributed by atoms with Gasteiger partial charge >= 0.3 is 0 Å². The third-order valence-corrected chi connectivity index (χ3v) is 12.1. The van der Waals surface area contributed by atoms with Gasteiger partial charge < -0.3 is 4.90 Å². The molecule has 0 heterocycles. The smallest absolute Gasteiger partial charge is 0.226 e. The molecule has 6 rings (SSSR count). The lowest BCUT2D eigenvalue weighted by Crippen LogP contribution is -2.65. The zero-order valence-corrected chi connectivity index (χ0v) is 35.3.